The second-order valence-corrected chi connectivity index (χ2v) is 6.47. The molecule has 2 aromatic heterocycles. The number of hydrogen-bond acceptors (Lipinski definition) is 4. The minimum atomic E-state index is 0.178. The highest BCUT2D eigenvalue weighted by molar-refractivity contribution is 7.09. The zero-order valence-electron chi connectivity index (χ0n) is 10.6. The molecule has 0 radical (unpaired) electrons. The SMILES string of the molecule is O=C(c1ccsc1)N1CCN(Cc2cccs2)CC1. The summed E-state index contributed by atoms with van der Waals surface area (Å²) >= 11 is 3.38. The smallest absolute Gasteiger partial charge is 0.254 e. The number of piperazine rings is 1. The maximum absolute atomic E-state index is 12.2. The highest BCUT2D eigenvalue weighted by atomic mass is 32.1. The largest absolute Gasteiger partial charge is 0.336 e. The Hall–Kier alpha value is -1.17. The average molecular weight is 292 g/mol. The van der Waals surface area contributed by atoms with Gasteiger partial charge < -0.3 is 4.90 Å². The molecule has 1 amide bonds. The maximum Gasteiger partial charge on any atom is 0.254 e. The molecule has 0 aromatic carbocycles. The van der Waals surface area contributed by atoms with Gasteiger partial charge in [-0.05, 0) is 22.9 Å². The molecule has 100 valence electrons. The molecule has 1 fully saturated rings. The molecule has 19 heavy (non-hydrogen) atoms. The normalized spacial score (nSPS) is 16.7. The van der Waals surface area contributed by atoms with Crippen molar-refractivity contribution in [2.45, 2.75) is 6.54 Å². The predicted octanol–water partition coefficient (Wildman–Crippen LogP) is 2.77. The van der Waals surface area contributed by atoms with Crippen LogP contribution >= 0.6 is 22.7 Å². The summed E-state index contributed by atoms with van der Waals surface area (Å²) in [5, 5.41) is 6.01. The van der Waals surface area contributed by atoms with E-state index in [-0.39, 0.29) is 5.91 Å². The van der Waals surface area contributed by atoms with Gasteiger partial charge in [-0.1, -0.05) is 6.07 Å². The van der Waals surface area contributed by atoms with E-state index in [0.717, 1.165) is 38.3 Å². The van der Waals surface area contributed by atoms with Crippen molar-refractivity contribution in [1.29, 1.82) is 0 Å². The van der Waals surface area contributed by atoms with Crippen LogP contribution in [0.3, 0.4) is 0 Å². The summed E-state index contributed by atoms with van der Waals surface area (Å²) < 4.78 is 0. The highest BCUT2D eigenvalue weighted by Crippen LogP contribution is 2.15. The van der Waals surface area contributed by atoms with Crippen LogP contribution in [0, 0.1) is 0 Å². The Bertz CT molecular complexity index is 514. The number of nitrogens with zero attached hydrogens (tertiary/aromatic N) is 2. The van der Waals surface area contributed by atoms with Crippen LogP contribution in [-0.2, 0) is 6.54 Å². The number of amides is 1. The number of rotatable bonds is 3. The fourth-order valence-corrected chi connectivity index (χ4v) is 3.68. The first-order valence-corrected chi connectivity index (χ1v) is 8.21. The van der Waals surface area contributed by atoms with Crippen LogP contribution in [0.25, 0.3) is 0 Å². The van der Waals surface area contributed by atoms with Crippen LogP contribution in [0.5, 0.6) is 0 Å². The molecule has 0 saturated carbocycles. The van der Waals surface area contributed by atoms with E-state index >= 15 is 0 Å². The third-order valence-electron chi connectivity index (χ3n) is 3.39. The zero-order valence-corrected chi connectivity index (χ0v) is 12.3. The van der Waals surface area contributed by atoms with Crippen molar-refractivity contribution >= 4 is 28.6 Å². The maximum atomic E-state index is 12.2. The fourth-order valence-electron chi connectivity index (χ4n) is 2.30. The van der Waals surface area contributed by atoms with Gasteiger partial charge in [0.15, 0.2) is 0 Å². The van der Waals surface area contributed by atoms with Crippen LogP contribution in [0.1, 0.15) is 15.2 Å². The molecule has 0 aliphatic carbocycles. The topological polar surface area (TPSA) is 23.6 Å². The van der Waals surface area contributed by atoms with E-state index in [9.17, 15) is 4.79 Å². The second-order valence-electron chi connectivity index (χ2n) is 4.66. The van der Waals surface area contributed by atoms with Gasteiger partial charge >= 0.3 is 0 Å². The molecular weight excluding hydrogens is 276 g/mol. The lowest BCUT2D eigenvalue weighted by atomic mass is 10.2. The van der Waals surface area contributed by atoms with Gasteiger partial charge in [-0.25, -0.2) is 0 Å². The Balaban J connectivity index is 1.53. The lowest BCUT2D eigenvalue weighted by Gasteiger charge is -2.34. The van der Waals surface area contributed by atoms with Crippen molar-refractivity contribution in [3.63, 3.8) is 0 Å². The Morgan fingerprint density at radius 2 is 2.00 bits per heavy atom. The summed E-state index contributed by atoms with van der Waals surface area (Å²) in [6, 6.07) is 6.18. The van der Waals surface area contributed by atoms with E-state index in [1.54, 1.807) is 22.7 Å². The molecule has 0 N–H and O–H groups in total. The molecule has 3 heterocycles. The first kappa shape index (κ1) is 12.8. The summed E-state index contributed by atoms with van der Waals surface area (Å²) in [7, 11) is 0. The molecule has 1 aliphatic rings. The minimum Gasteiger partial charge on any atom is -0.336 e. The monoisotopic (exact) mass is 292 g/mol. The first-order valence-electron chi connectivity index (χ1n) is 6.39. The van der Waals surface area contributed by atoms with Gasteiger partial charge in [0.05, 0.1) is 5.56 Å². The summed E-state index contributed by atoms with van der Waals surface area (Å²) in [6.45, 7) is 4.61. The van der Waals surface area contributed by atoms with Crippen LogP contribution in [-0.4, -0.2) is 41.9 Å². The summed E-state index contributed by atoms with van der Waals surface area (Å²) in [4.78, 5) is 18.0. The number of thiophene rings is 2. The number of carbonyl (C=O) groups is 1. The van der Waals surface area contributed by atoms with Gasteiger partial charge in [0, 0.05) is 43.0 Å². The van der Waals surface area contributed by atoms with Crippen molar-refractivity contribution in [1.82, 2.24) is 9.80 Å². The van der Waals surface area contributed by atoms with Crippen LogP contribution < -0.4 is 0 Å². The third-order valence-corrected chi connectivity index (χ3v) is 4.93. The van der Waals surface area contributed by atoms with Crippen molar-refractivity contribution in [2.75, 3.05) is 26.2 Å². The average Bonchev–Trinajstić information content (AvgIpc) is 3.12. The van der Waals surface area contributed by atoms with E-state index in [0.29, 0.717) is 0 Å². The van der Waals surface area contributed by atoms with E-state index in [1.165, 1.54) is 4.88 Å². The van der Waals surface area contributed by atoms with Gasteiger partial charge in [-0.15, -0.1) is 11.3 Å². The van der Waals surface area contributed by atoms with Crippen LogP contribution in [0.2, 0.25) is 0 Å². The van der Waals surface area contributed by atoms with Crippen molar-refractivity contribution in [3.8, 4) is 0 Å². The lowest BCUT2D eigenvalue weighted by Crippen LogP contribution is -2.48. The van der Waals surface area contributed by atoms with E-state index in [4.69, 9.17) is 0 Å². The molecule has 0 atom stereocenters. The second kappa shape index (κ2) is 5.86. The Kier molecular flexibility index (Phi) is 3.96. The summed E-state index contributed by atoms with van der Waals surface area (Å²) in [5.74, 6) is 0.178. The molecule has 0 bridgehead atoms. The molecular formula is C14H16N2OS2. The number of carbonyl (C=O) groups excluding carboxylic acids is 1. The van der Waals surface area contributed by atoms with Gasteiger partial charge in [0.25, 0.3) is 5.91 Å². The van der Waals surface area contributed by atoms with E-state index < -0.39 is 0 Å². The quantitative estimate of drug-likeness (QED) is 0.868. The fraction of sp³-hybridized carbons (Fsp3) is 0.357. The zero-order chi connectivity index (χ0) is 13.1. The molecule has 3 nitrogen and oxygen atoms in total. The molecule has 5 heteroatoms. The van der Waals surface area contributed by atoms with Gasteiger partial charge in [0.1, 0.15) is 0 Å². The van der Waals surface area contributed by atoms with Crippen molar-refractivity contribution in [3.05, 3.63) is 44.8 Å². The molecule has 1 saturated heterocycles. The summed E-state index contributed by atoms with van der Waals surface area (Å²) in [6.07, 6.45) is 0. The molecule has 0 unspecified atom stereocenters. The van der Waals surface area contributed by atoms with Gasteiger partial charge in [0.2, 0.25) is 0 Å². The Labute approximate surface area is 121 Å². The molecule has 2 aromatic rings. The van der Waals surface area contributed by atoms with Gasteiger partial charge in [-0.2, -0.15) is 11.3 Å². The Morgan fingerprint density at radius 1 is 1.16 bits per heavy atom. The summed E-state index contributed by atoms with van der Waals surface area (Å²) in [5.41, 5.74) is 0.830. The number of hydrogen-bond donors (Lipinski definition) is 0. The standard InChI is InChI=1S/C14H16N2OS2/c17-14(12-3-9-18-11-12)16-6-4-15(5-7-16)10-13-2-1-8-19-13/h1-3,8-9,11H,4-7,10H2. The predicted molar refractivity (Wildman–Crippen MR) is 79.8 cm³/mol. The van der Waals surface area contributed by atoms with Crippen LogP contribution in [0.15, 0.2) is 34.3 Å². The third kappa shape index (κ3) is 3.05. The van der Waals surface area contributed by atoms with Gasteiger partial charge in [-0.3, -0.25) is 9.69 Å². The highest BCUT2D eigenvalue weighted by Gasteiger charge is 2.22. The Morgan fingerprint density at radius 3 is 2.63 bits per heavy atom. The van der Waals surface area contributed by atoms with Crippen molar-refractivity contribution in [2.24, 2.45) is 0 Å². The first-order chi connectivity index (χ1) is 9.33. The molecule has 0 spiro atoms. The minimum absolute atomic E-state index is 0.178. The lowest BCUT2D eigenvalue weighted by molar-refractivity contribution is 0.0630. The molecule has 1 aliphatic heterocycles. The molecule has 3 rings (SSSR count). The van der Waals surface area contributed by atoms with Crippen LogP contribution in [0.4, 0.5) is 0 Å². The van der Waals surface area contributed by atoms with Crippen molar-refractivity contribution < 1.29 is 4.79 Å². The van der Waals surface area contributed by atoms with E-state index in [2.05, 4.69) is 22.4 Å². The van der Waals surface area contributed by atoms with E-state index in [1.807, 2.05) is 21.7 Å².